The zero-order valence-corrected chi connectivity index (χ0v) is 19.0. The van der Waals surface area contributed by atoms with Gasteiger partial charge in [-0.3, -0.25) is 9.48 Å². The number of amides is 1. The van der Waals surface area contributed by atoms with E-state index < -0.39 is 79.6 Å². The molecule has 1 aromatic carbocycles. The first-order valence-corrected chi connectivity index (χ1v) is 12.3. The molecule has 4 rings (SSSR count). The van der Waals surface area contributed by atoms with Crippen LogP contribution in [0.25, 0.3) is 0 Å². The second-order valence-corrected chi connectivity index (χ2v) is 11.6. The number of anilines is 1. The third-order valence-corrected chi connectivity index (χ3v) is 7.20. The molecule has 1 atom stereocenters. The van der Waals surface area contributed by atoms with Crippen molar-refractivity contribution in [2.24, 2.45) is 5.41 Å². The SMILES string of the molecule is CC1(Cn2nc(C3(F)CC3)c(C(F)F)c2C(=O)Nc2ccc(F)c(S(C)(=N)=O)c2)CC(F)(F)C1. The monoisotopic (exact) mass is 508 g/mol. The predicted octanol–water partition coefficient (Wildman–Crippen LogP) is 5.64. The molecule has 0 radical (unpaired) electrons. The number of carbonyl (C=O) groups is 1. The largest absolute Gasteiger partial charge is 0.321 e. The standard InChI is InChI=1S/C21H22F6N4O2S/c1-19(8-21(26,27)9-19)10-31-15(14(17(23)24)16(30-31)20(25)5-6-20)18(32)29-11-3-4-12(22)13(7-11)34(2,28)33/h3-4,7,17,28H,5-6,8-10H2,1-2H3,(H,29,32). The Hall–Kier alpha value is -2.57. The number of nitrogens with zero attached hydrogens (tertiary/aromatic N) is 2. The van der Waals surface area contributed by atoms with Gasteiger partial charge in [-0.05, 0) is 36.5 Å². The highest BCUT2D eigenvalue weighted by Gasteiger charge is 2.55. The molecule has 2 N–H and O–H groups in total. The summed E-state index contributed by atoms with van der Waals surface area (Å²) in [6.45, 7) is 1.18. The Morgan fingerprint density at radius 2 is 1.88 bits per heavy atom. The topological polar surface area (TPSA) is 87.8 Å². The molecule has 1 aromatic heterocycles. The third kappa shape index (κ3) is 4.53. The van der Waals surface area contributed by atoms with E-state index in [4.69, 9.17) is 4.78 Å². The second-order valence-electron chi connectivity index (χ2n) is 9.50. The second kappa shape index (κ2) is 7.72. The third-order valence-electron chi connectivity index (χ3n) is 6.05. The van der Waals surface area contributed by atoms with Crippen LogP contribution in [0.2, 0.25) is 0 Å². The molecule has 2 aliphatic rings. The Labute approximate surface area is 191 Å². The maximum absolute atomic E-state index is 14.9. The van der Waals surface area contributed by atoms with Crippen molar-refractivity contribution in [1.82, 2.24) is 9.78 Å². The number of aromatic nitrogens is 2. The fraction of sp³-hybridized carbons (Fsp3) is 0.524. The Morgan fingerprint density at radius 1 is 1.26 bits per heavy atom. The lowest BCUT2D eigenvalue weighted by molar-refractivity contribution is -0.160. The summed E-state index contributed by atoms with van der Waals surface area (Å²) >= 11 is 0. The van der Waals surface area contributed by atoms with Crippen LogP contribution in [0.4, 0.5) is 32.0 Å². The summed E-state index contributed by atoms with van der Waals surface area (Å²) in [5, 5.41) is 6.21. The minimum atomic E-state index is -3.51. The van der Waals surface area contributed by atoms with E-state index in [-0.39, 0.29) is 25.1 Å². The van der Waals surface area contributed by atoms with E-state index in [2.05, 4.69) is 10.4 Å². The fourth-order valence-electron chi connectivity index (χ4n) is 4.45. The van der Waals surface area contributed by atoms with Gasteiger partial charge in [-0.15, -0.1) is 0 Å². The highest BCUT2D eigenvalue weighted by Crippen LogP contribution is 2.54. The van der Waals surface area contributed by atoms with E-state index in [0.717, 1.165) is 29.1 Å². The normalized spacial score (nSPS) is 21.6. The maximum atomic E-state index is 14.9. The van der Waals surface area contributed by atoms with Crippen LogP contribution in [0.3, 0.4) is 0 Å². The van der Waals surface area contributed by atoms with Crippen LogP contribution in [-0.2, 0) is 21.9 Å². The molecule has 13 heteroatoms. The molecular weight excluding hydrogens is 486 g/mol. The van der Waals surface area contributed by atoms with E-state index in [1.807, 2.05) is 0 Å². The molecule has 2 aromatic rings. The number of alkyl halides is 5. The number of hydrogen-bond donors (Lipinski definition) is 2. The van der Waals surface area contributed by atoms with Crippen molar-refractivity contribution in [3.05, 3.63) is 41.0 Å². The summed E-state index contributed by atoms with van der Waals surface area (Å²) in [5.74, 6) is -5.02. The van der Waals surface area contributed by atoms with Gasteiger partial charge in [0.15, 0.2) is 5.67 Å². The van der Waals surface area contributed by atoms with Gasteiger partial charge in [0, 0.05) is 31.3 Å². The van der Waals surface area contributed by atoms with Gasteiger partial charge in [0.1, 0.15) is 17.2 Å². The van der Waals surface area contributed by atoms with Crippen molar-refractivity contribution in [1.29, 1.82) is 4.78 Å². The lowest BCUT2D eigenvalue weighted by atomic mass is 9.67. The van der Waals surface area contributed by atoms with Crippen LogP contribution in [0.5, 0.6) is 0 Å². The summed E-state index contributed by atoms with van der Waals surface area (Å²) in [4.78, 5) is 12.6. The van der Waals surface area contributed by atoms with Crippen LogP contribution < -0.4 is 5.32 Å². The lowest BCUT2D eigenvalue weighted by Crippen LogP contribution is -2.47. The van der Waals surface area contributed by atoms with Crippen molar-refractivity contribution in [3.8, 4) is 0 Å². The van der Waals surface area contributed by atoms with Gasteiger partial charge in [0.2, 0.25) is 5.92 Å². The Morgan fingerprint density at radius 3 is 2.38 bits per heavy atom. The van der Waals surface area contributed by atoms with Crippen molar-refractivity contribution in [2.75, 3.05) is 11.6 Å². The molecule has 0 saturated heterocycles. The van der Waals surface area contributed by atoms with Gasteiger partial charge in [-0.1, -0.05) is 6.92 Å². The molecule has 0 bridgehead atoms. The van der Waals surface area contributed by atoms with E-state index in [1.54, 1.807) is 0 Å². The first-order valence-electron chi connectivity index (χ1n) is 10.3. The van der Waals surface area contributed by atoms with Gasteiger partial charge in [0.05, 0.1) is 20.2 Å². The number of rotatable bonds is 7. The van der Waals surface area contributed by atoms with Crippen molar-refractivity contribution < 1.29 is 35.3 Å². The van der Waals surface area contributed by atoms with Crippen LogP contribution in [0, 0.1) is 16.0 Å². The van der Waals surface area contributed by atoms with E-state index in [0.29, 0.717) is 0 Å². The summed E-state index contributed by atoms with van der Waals surface area (Å²) in [6.07, 6.45) is -3.52. The van der Waals surface area contributed by atoms with Crippen LogP contribution in [0.1, 0.15) is 60.8 Å². The average molecular weight is 508 g/mol. The average Bonchev–Trinajstić information content (AvgIpc) is 3.28. The summed E-state index contributed by atoms with van der Waals surface area (Å²) in [6, 6.07) is 2.88. The van der Waals surface area contributed by atoms with Crippen LogP contribution in [0.15, 0.2) is 23.1 Å². The molecular formula is C21H22F6N4O2S. The van der Waals surface area contributed by atoms with Gasteiger partial charge in [0.25, 0.3) is 12.3 Å². The molecule has 2 saturated carbocycles. The fourth-order valence-corrected chi connectivity index (χ4v) is 5.25. The van der Waals surface area contributed by atoms with E-state index in [1.165, 1.54) is 6.92 Å². The van der Waals surface area contributed by atoms with Crippen LogP contribution in [-0.4, -0.2) is 32.1 Å². The number of hydrogen-bond acceptors (Lipinski definition) is 4. The molecule has 0 aliphatic heterocycles. The number of benzene rings is 1. The zero-order valence-electron chi connectivity index (χ0n) is 18.2. The molecule has 1 unspecified atom stereocenters. The van der Waals surface area contributed by atoms with Gasteiger partial charge in [-0.25, -0.2) is 35.3 Å². The Bertz CT molecular complexity index is 1260. The highest BCUT2D eigenvalue weighted by molar-refractivity contribution is 7.91. The molecule has 1 amide bonds. The van der Waals surface area contributed by atoms with Gasteiger partial charge in [-0.2, -0.15) is 5.10 Å². The van der Waals surface area contributed by atoms with Crippen molar-refractivity contribution in [2.45, 2.75) is 62.1 Å². The number of halogens is 6. The number of carbonyl (C=O) groups excluding carboxylic acids is 1. The van der Waals surface area contributed by atoms with Crippen molar-refractivity contribution in [3.63, 3.8) is 0 Å². The lowest BCUT2D eigenvalue weighted by Gasteiger charge is -2.44. The molecule has 1 heterocycles. The maximum Gasteiger partial charge on any atom is 0.274 e. The molecule has 34 heavy (non-hydrogen) atoms. The minimum Gasteiger partial charge on any atom is -0.321 e. The van der Waals surface area contributed by atoms with Crippen LogP contribution >= 0.6 is 0 Å². The minimum absolute atomic E-state index is 0.0597. The van der Waals surface area contributed by atoms with Gasteiger partial charge >= 0.3 is 0 Å². The van der Waals surface area contributed by atoms with E-state index in [9.17, 15) is 35.3 Å². The summed E-state index contributed by atoms with van der Waals surface area (Å²) in [7, 11) is -3.51. The smallest absolute Gasteiger partial charge is 0.274 e. The highest BCUT2D eigenvalue weighted by atomic mass is 32.2. The Balaban J connectivity index is 1.75. The molecule has 2 aliphatic carbocycles. The quantitative estimate of drug-likeness (QED) is 0.475. The van der Waals surface area contributed by atoms with Crippen molar-refractivity contribution >= 4 is 21.3 Å². The molecule has 0 spiro atoms. The first-order chi connectivity index (χ1) is 15.5. The first kappa shape index (κ1) is 24.6. The molecule has 186 valence electrons. The van der Waals surface area contributed by atoms with E-state index >= 15 is 0 Å². The molecule has 2 fully saturated rings. The Kier molecular flexibility index (Phi) is 5.57. The zero-order chi connectivity index (χ0) is 25.3. The summed E-state index contributed by atoms with van der Waals surface area (Å²) < 4.78 is 104. The van der Waals surface area contributed by atoms with Gasteiger partial charge < -0.3 is 5.32 Å². The predicted molar refractivity (Wildman–Crippen MR) is 111 cm³/mol. The summed E-state index contributed by atoms with van der Waals surface area (Å²) in [5.41, 5.74) is -5.51. The number of nitrogens with one attached hydrogen (secondary N) is 2. The molecule has 6 nitrogen and oxygen atoms in total.